The van der Waals surface area contributed by atoms with Crippen LogP contribution in [0.5, 0.6) is 0 Å². The number of esters is 4. The Morgan fingerprint density at radius 1 is 0.300 bits per heavy atom. The largest absolute Gasteiger partial charge is 0.472 e. The maximum atomic E-state index is 13.0. The standard InChI is InChI=1S/C71H138O17P2/c1-7-9-11-13-14-15-16-17-18-19-20-21-22-23-24-32-37-43-49-55-71(76)88-67(60-82-69(74)54-48-42-36-31-27-25-29-34-40-45-51-63(3)4)62-86-90(79,80)84-58-65(72)57-83-89(77,78)85-61-66(59-81-68(73)53-47-39-12-10-8-2)87-70(75)56-50-44-38-33-28-26-30-35-41-46-52-64(5)6/h63-67,72H,7-62H2,1-6H3,(H,77,78)(H,79,80)/t65-,66+,67+/m0/s1. The summed E-state index contributed by atoms with van der Waals surface area (Å²) in [5.41, 5.74) is 0. The van der Waals surface area contributed by atoms with E-state index in [0.717, 1.165) is 108 Å². The molecular weight excluding hydrogens is 1190 g/mol. The summed E-state index contributed by atoms with van der Waals surface area (Å²) < 4.78 is 68.1. The Labute approximate surface area is 549 Å². The van der Waals surface area contributed by atoms with Crippen LogP contribution in [0.1, 0.15) is 363 Å². The second kappa shape index (κ2) is 63.1. The van der Waals surface area contributed by atoms with Crippen molar-refractivity contribution < 1.29 is 80.2 Å². The molecule has 0 spiro atoms. The number of carbonyl (C=O) groups excluding carboxylic acids is 4. The van der Waals surface area contributed by atoms with Gasteiger partial charge in [0.2, 0.25) is 0 Å². The van der Waals surface area contributed by atoms with E-state index >= 15 is 0 Å². The molecule has 0 bridgehead atoms. The zero-order valence-corrected chi connectivity index (χ0v) is 60.2. The molecule has 90 heavy (non-hydrogen) atoms. The maximum Gasteiger partial charge on any atom is 0.472 e. The predicted molar refractivity (Wildman–Crippen MR) is 363 cm³/mol. The fourth-order valence-electron chi connectivity index (χ4n) is 10.8. The normalized spacial score (nSPS) is 14.1. The van der Waals surface area contributed by atoms with Crippen molar-refractivity contribution in [2.24, 2.45) is 11.8 Å². The van der Waals surface area contributed by atoms with Gasteiger partial charge in [-0.3, -0.25) is 37.3 Å². The molecule has 0 aromatic carbocycles. The minimum absolute atomic E-state index is 0.105. The maximum absolute atomic E-state index is 13.0. The average molecular weight is 1330 g/mol. The molecule has 0 rings (SSSR count). The molecule has 0 aliphatic carbocycles. The number of phosphoric ester groups is 2. The Balaban J connectivity index is 5.14. The molecule has 0 amide bonds. The van der Waals surface area contributed by atoms with Crippen LogP contribution in [-0.2, 0) is 65.4 Å². The van der Waals surface area contributed by atoms with Crippen LogP contribution in [0.3, 0.4) is 0 Å². The summed E-state index contributed by atoms with van der Waals surface area (Å²) in [7, 11) is -9.89. The molecule has 0 fully saturated rings. The molecule has 0 aliphatic rings. The van der Waals surface area contributed by atoms with Gasteiger partial charge in [0.25, 0.3) is 0 Å². The van der Waals surface area contributed by atoms with Crippen molar-refractivity contribution in [3.05, 3.63) is 0 Å². The van der Waals surface area contributed by atoms with E-state index in [2.05, 4.69) is 41.5 Å². The highest BCUT2D eigenvalue weighted by molar-refractivity contribution is 7.47. The van der Waals surface area contributed by atoms with Gasteiger partial charge in [-0.15, -0.1) is 0 Å². The third-order valence-corrected chi connectivity index (χ3v) is 18.4. The summed E-state index contributed by atoms with van der Waals surface area (Å²) in [5.74, 6) is -0.623. The zero-order chi connectivity index (χ0) is 66.5. The van der Waals surface area contributed by atoms with Crippen molar-refractivity contribution in [2.75, 3.05) is 39.6 Å². The number of rotatable bonds is 70. The molecule has 0 saturated carbocycles. The quantitative estimate of drug-likeness (QED) is 0.0222. The van der Waals surface area contributed by atoms with E-state index in [0.29, 0.717) is 25.7 Å². The molecular formula is C71H138O17P2. The van der Waals surface area contributed by atoms with Crippen LogP contribution >= 0.6 is 15.6 Å². The van der Waals surface area contributed by atoms with Gasteiger partial charge in [-0.2, -0.15) is 0 Å². The van der Waals surface area contributed by atoms with Crippen molar-refractivity contribution in [3.63, 3.8) is 0 Å². The minimum Gasteiger partial charge on any atom is -0.462 e. The van der Waals surface area contributed by atoms with E-state index in [9.17, 15) is 43.2 Å². The highest BCUT2D eigenvalue weighted by Crippen LogP contribution is 2.45. The van der Waals surface area contributed by atoms with E-state index < -0.39 is 97.5 Å². The lowest BCUT2D eigenvalue weighted by molar-refractivity contribution is -0.161. The number of hydrogen-bond donors (Lipinski definition) is 3. The summed E-state index contributed by atoms with van der Waals surface area (Å²) in [6.45, 7) is 9.45. The Morgan fingerprint density at radius 3 is 0.756 bits per heavy atom. The molecule has 19 heteroatoms. The second-order valence-corrected chi connectivity index (χ2v) is 29.5. The molecule has 0 saturated heterocycles. The van der Waals surface area contributed by atoms with E-state index in [1.165, 1.54) is 173 Å². The van der Waals surface area contributed by atoms with Gasteiger partial charge in [-0.25, -0.2) is 9.13 Å². The van der Waals surface area contributed by atoms with Crippen molar-refractivity contribution in [3.8, 4) is 0 Å². The fraction of sp³-hybridized carbons (Fsp3) is 0.944. The molecule has 2 unspecified atom stereocenters. The molecule has 3 N–H and O–H groups in total. The van der Waals surface area contributed by atoms with E-state index in [4.69, 9.17) is 37.0 Å². The van der Waals surface area contributed by atoms with E-state index in [1.807, 2.05) is 0 Å². The van der Waals surface area contributed by atoms with Gasteiger partial charge in [-0.05, 0) is 37.5 Å². The smallest absolute Gasteiger partial charge is 0.462 e. The van der Waals surface area contributed by atoms with E-state index in [-0.39, 0.29) is 25.7 Å². The third kappa shape index (κ3) is 64.8. The Hall–Kier alpha value is -1.94. The molecule has 17 nitrogen and oxygen atoms in total. The van der Waals surface area contributed by atoms with Crippen molar-refractivity contribution in [2.45, 2.75) is 381 Å². The fourth-order valence-corrected chi connectivity index (χ4v) is 12.3. The van der Waals surface area contributed by atoms with Crippen molar-refractivity contribution in [1.29, 1.82) is 0 Å². The number of aliphatic hydroxyl groups is 1. The lowest BCUT2D eigenvalue weighted by atomic mass is 10.0. The van der Waals surface area contributed by atoms with Gasteiger partial charge in [0, 0.05) is 25.7 Å². The number of aliphatic hydroxyl groups excluding tert-OH is 1. The summed E-state index contributed by atoms with van der Waals surface area (Å²) in [4.78, 5) is 72.3. The number of hydrogen-bond acceptors (Lipinski definition) is 15. The van der Waals surface area contributed by atoms with E-state index in [1.54, 1.807) is 0 Å². The van der Waals surface area contributed by atoms with Crippen LogP contribution in [0.25, 0.3) is 0 Å². The first-order valence-electron chi connectivity index (χ1n) is 37.0. The molecule has 0 aromatic heterocycles. The van der Waals surface area contributed by atoms with Crippen LogP contribution in [-0.4, -0.2) is 96.7 Å². The number of phosphoric acid groups is 2. The monoisotopic (exact) mass is 1320 g/mol. The Morgan fingerprint density at radius 2 is 0.511 bits per heavy atom. The van der Waals surface area contributed by atoms with Crippen LogP contribution in [0.15, 0.2) is 0 Å². The minimum atomic E-state index is -4.95. The van der Waals surface area contributed by atoms with Crippen molar-refractivity contribution >= 4 is 39.5 Å². The number of ether oxygens (including phenoxy) is 4. The predicted octanol–water partition coefficient (Wildman–Crippen LogP) is 20.4. The molecule has 5 atom stereocenters. The first kappa shape index (κ1) is 88.1. The molecule has 0 heterocycles. The summed E-state index contributed by atoms with van der Waals surface area (Å²) in [6, 6.07) is 0. The first-order valence-corrected chi connectivity index (χ1v) is 40.0. The summed E-state index contributed by atoms with van der Waals surface area (Å²) in [5, 5.41) is 10.6. The van der Waals surface area contributed by atoms with Gasteiger partial charge in [0.15, 0.2) is 12.2 Å². The van der Waals surface area contributed by atoms with Gasteiger partial charge >= 0.3 is 39.5 Å². The number of carbonyl (C=O) groups is 4. The first-order chi connectivity index (χ1) is 43.4. The SMILES string of the molecule is CCCCCCCCCCCCCCCCCCCCCC(=O)O[C@H](COC(=O)CCCCCCCCCCCCC(C)C)COP(=O)(O)OC[C@@H](O)COP(=O)(O)OC[C@@H](COC(=O)CCCCCCC)OC(=O)CCCCCCCCCCCCC(C)C. The molecule has 0 aromatic rings. The molecule has 0 radical (unpaired) electrons. The van der Waals surface area contributed by atoms with Crippen molar-refractivity contribution in [1.82, 2.24) is 0 Å². The highest BCUT2D eigenvalue weighted by Gasteiger charge is 2.30. The Kier molecular flexibility index (Phi) is 61.8. The Bertz CT molecular complexity index is 1750. The molecule has 534 valence electrons. The van der Waals surface area contributed by atoms with Gasteiger partial charge in [0.1, 0.15) is 19.3 Å². The zero-order valence-electron chi connectivity index (χ0n) is 58.4. The van der Waals surface area contributed by atoms with Gasteiger partial charge < -0.3 is 33.8 Å². The highest BCUT2D eigenvalue weighted by atomic mass is 31.2. The third-order valence-electron chi connectivity index (χ3n) is 16.5. The van der Waals surface area contributed by atoms with Crippen LogP contribution in [0.2, 0.25) is 0 Å². The molecule has 0 aliphatic heterocycles. The average Bonchev–Trinajstić information content (AvgIpc) is 2.81. The van der Waals surface area contributed by atoms with Crippen LogP contribution < -0.4 is 0 Å². The lowest BCUT2D eigenvalue weighted by Crippen LogP contribution is -2.30. The lowest BCUT2D eigenvalue weighted by Gasteiger charge is -2.21. The van der Waals surface area contributed by atoms with Crippen LogP contribution in [0.4, 0.5) is 0 Å². The van der Waals surface area contributed by atoms with Gasteiger partial charge in [-0.1, -0.05) is 311 Å². The number of unbranched alkanes of at least 4 members (excludes halogenated alkanes) is 40. The summed E-state index contributed by atoms with van der Waals surface area (Å²) in [6.07, 6.45) is 49.0. The summed E-state index contributed by atoms with van der Waals surface area (Å²) >= 11 is 0. The topological polar surface area (TPSA) is 237 Å². The van der Waals surface area contributed by atoms with Crippen LogP contribution in [0, 0.1) is 11.8 Å². The van der Waals surface area contributed by atoms with Gasteiger partial charge in [0.05, 0.1) is 26.4 Å². The second-order valence-electron chi connectivity index (χ2n) is 26.6.